The molecule has 2 aromatic rings. The number of rotatable bonds is 5. The summed E-state index contributed by atoms with van der Waals surface area (Å²) in [5, 5.41) is 14.0. The molecule has 0 amide bonds. The molecule has 3 rings (SSSR count). The SMILES string of the molecule is Clc1ccccc1.OCC(NCC1CC1)c1ccc(Cl)cn1. The Bertz CT molecular complexity index is 544. The molecule has 5 heteroatoms. The minimum Gasteiger partial charge on any atom is -0.394 e. The van der Waals surface area contributed by atoms with E-state index in [4.69, 9.17) is 23.2 Å². The first-order valence-electron chi connectivity index (χ1n) is 7.35. The van der Waals surface area contributed by atoms with Gasteiger partial charge in [0.1, 0.15) is 0 Å². The average Bonchev–Trinajstić information content (AvgIpc) is 3.35. The van der Waals surface area contributed by atoms with Crippen molar-refractivity contribution >= 4 is 23.2 Å². The number of nitrogens with zero attached hydrogens (tertiary/aromatic N) is 1. The fourth-order valence-electron chi connectivity index (χ4n) is 1.90. The molecule has 3 nitrogen and oxygen atoms in total. The molecule has 1 unspecified atom stereocenters. The quantitative estimate of drug-likeness (QED) is 0.862. The summed E-state index contributed by atoms with van der Waals surface area (Å²) < 4.78 is 0. The van der Waals surface area contributed by atoms with Crippen LogP contribution in [0.3, 0.4) is 0 Å². The van der Waals surface area contributed by atoms with Gasteiger partial charge >= 0.3 is 0 Å². The fraction of sp³-hybridized carbons (Fsp3) is 0.353. The predicted molar refractivity (Wildman–Crippen MR) is 91.3 cm³/mol. The van der Waals surface area contributed by atoms with E-state index in [0.717, 1.165) is 23.2 Å². The van der Waals surface area contributed by atoms with E-state index < -0.39 is 0 Å². The van der Waals surface area contributed by atoms with Gasteiger partial charge in [0.15, 0.2) is 0 Å². The molecule has 1 heterocycles. The topological polar surface area (TPSA) is 45.1 Å². The van der Waals surface area contributed by atoms with Crippen LogP contribution in [-0.4, -0.2) is 23.2 Å². The zero-order valence-corrected chi connectivity index (χ0v) is 13.8. The zero-order valence-electron chi connectivity index (χ0n) is 12.3. The highest BCUT2D eigenvalue weighted by atomic mass is 35.5. The summed E-state index contributed by atoms with van der Waals surface area (Å²) in [5.41, 5.74) is 0.850. The van der Waals surface area contributed by atoms with Crippen LogP contribution in [0.4, 0.5) is 0 Å². The van der Waals surface area contributed by atoms with Crippen LogP contribution < -0.4 is 5.32 Å². The smallest absolute Gasteiger partial charge is 0.0730 e. The number of benzene rings is 1. The van der Waals surface area contributed by atoms with Crippen molar-refractivity contribution in [3.05, 3.63) is 64.4 Å². The lowest BCUT2D eigenvalue weighted by atomic mass is 10.2. The van der Waals surface area contributed by atoms with Gasteiger partial charge in [0, 0.05) is 11.2 Å². The minimum absolute atomic E-state index is 0.0668. The first-order chi connectivity index (χ1) is 10.7. The van der Waals surface area contributed by atoms with Crippen LogP contribution in [0.1, 0.15) is 24.6 Å². The van der Waals surface area contributed by atoms with E-state index in [0.29, 0.717) is 5.02 Å². The van der Waals surface area contributed by atoms with Gasteiger partial charge in [-0.2, -0.15) is 0 Å². The second kappa shape index (κ2) is 9.11. The Morgan fingerprint density at radius 3 is 2.27 bits per heavy atom. The average molecular weight is 339 g/mol. The van der Waals surface area contributed by atoms with Gasteiger partial charge in [-0.3, -0.25) is 4.98 Å². The molecule has 118 valence electrons. The van der Waals surface area contributed by atoms with E-state index in [1.807, 2.05) is 36.4 Å². The van der Waals surface area contributed by atoms with Crippen LogP contribution in [0, 0.1) is 5.92 Å². The van der Waals surface area contributed by atoms with Gasteiger partial charge in [-0.05, 0) is 49.6 Å². The fourth-order valence-corrected chi connectivity index (χ4v) is 2.16. The third kappa shape index (κ3) is 6.32. The van der Waals surface area contributed by atoms with Gasteiger partial charge in [0.05, 0.1) is 23.4 Å². The number of aliphatic hydroxyl groups is 1. The Morgan fingerprint density at radius 1 is 1.09 bits per heavy atom. The Morgan fingerprint density at radius 2 is 1.82 bits per heavy atom. The maximum atomic E-state index is 9.25. The molecule has 1 aliphatic rings. The van der Waals surface area contributed by atoms with Gasteiger partial charge < -0.3 is 10.4 Å². The minimum atomic E-state index is -0.0668. The Labute approximate surface area is 141 Å². The molecule has 1 aromatic carbocycles. The third-order valence-electron chi connectivity index (χ3n) is 3.37. The Kier molecular flexibility index (Phi) is 7.13. The maximum Gasteiger partial charge on any atom is 0.0730 e. The van der Waals surface area contributed by atoms with Crippen molar-refractivity contribution in [3.63, 3.8) is 0 Å². The molecule has 1 fully saturated rings. The van der Waals surface area contributed by atoms with Crippen molar-refractivity contribution < 1.29 is 5.11 Å². The number of hydrogen-bond acceptors (Lipinski definition) is 3. The zero-order chi connectivity index (χ0) is 15.8. The Balaban J connectivity index is 0.000000211. The lowest BCUT2D eigenvalue weighted by Crippen LogP contribution is -2.27. The number of aromatic nitrogens is 1. The van der Waals surface area contributed by atoms with Crippen LogP contribution in [0.25, 0.3) is 0 Å². The maximum absolute atomic E-state index is 9.25. The first kappa shape index (κ1) is 17.2. The molecule has 2 N–H and O–H groups in total. The second-order valence-corrected chi connectivity index (χ2v) is 6.16. The molecular formula is C17H20Cl2N2O. The molecular weight excluding hydrogens is 319 g/mol. The van der Waals surface area contributed by atoms with Gasteiger partial charge in [-0.25, -0.2) is 0 Å². The van der Waals surface area contributed by atoms with Crippen LogP contribution in [0.15, 0.2) is 48.7 Å². The largest absolute Gasteiger partial charge is 0.394 e. The molecule has 0 saturated heterocycles. The van der Waals surface area contributed by atoms with E-state index >= 15 is 0 Å². The molecule has 0 bridgehead atoms. The highest BCUT2D eigenvalue weighted by Gasteiger charge is 2.22. The van der Waals surface area contributed by atoms with Gasteiger partial charge in [-0.15, -0.1) is 0 Å². The van der Waals surface area contributed by atoms with Gasteiger partial charge in [-0.1, -0.05) is 41.4 Å². The highest BCUT2D eigenvalue weighted by Crippen LogP contribution is 2.28. The standard InChI is InChI=1S/C11H15ClN2O.C6H5Cl/c12-9-3-4-10(14-6-9)11(7-15)13-5-8-1-2-8;7-6-4-2-1-3-5-6/h3-4,6,8,11,13,15H,1-2,5,7H2;1-5H. The molecule has 1 saturated carbocycles. The number of aliphatic hydroxyl groups excluding tert-OH is 1. The third-order valence-corrected chi connectivity index (χ3v) is 3.85. The van der Waals surface area contributed by atoms with E-state index in [9.17, 15) is 5.11 Å². The molecule has 0 aliphatic heterocycles. The van der Waals surface area contributed by atoms with Crippen LogP contribution >= 0.6 is 23.2 Å². The van der Waals surface area contributed by atoms with E-state index in [1.165, 1.54) is 12.8 Å². The van der Waals surface area contributed by atoms with Crippen molar-refractivity contribution in [2.45, 2.75) is 18.9 Å². The number of hydrogen-bond donors (Lipinski definition) is 2. The molecule has 22 heavy (non-hydrogen) atoms. The van der Waals surface area contributed by atoms with E-state index in [2.05, 4.69) is 10.3 Å². The molecule has 1 aromatic heterocycles. The van der Waals surface area contributed by atoms with E-state index in [1.54, 1.807) is 12.3 Å². The van der Waals surface area contributed by atoms with Crippen LogP contribution in [0.5, 0.6) is 0 Å². The monoisotopic (exact) mass is 338 g/mol. The van der Waals surface area contributed by atoms with Crippen molar-refractivity contribution in [2.24, 2.45) is 5.92 Å². The summed E-state index contributed by atoms with van der Waals surface area (Å²) in [5.74, 6) is 0.798. The summed E-state index contributed by atoms with van der Waals surface area (Å²) in [4.78, 5) is 4.19. The summed E-state index contributed by atoms with van der Waals surface area (Å²) in [6.07, 6.45) is 4.22. The van der Waals surface area contributed by atoms with Gasteiger partial charge in [0.2, 0.25) is 0 Å². The van der Waals surface area contributed by atoms with Gasteiger partial charge in [0.25, 0.3) is 0 Å². The lowest BCUT2D eigenvalue weighted by Gasteiger charge is -2.15. The van der Waals surface area contributed by atoms with E-state index in [-0.39, 0.29) is 12.6 Å². The Hall–Kier alpha value is -1.13. The summed E-state index contributed by atoms with van der Waals surface area (Å²) in [6, 6.07) is 13.0. The summed E-state index contributed by atoms with van der Waals surface area (Å²) >= 11 is 11.3. The normalized spacial score (nSPS) is 14.9. The number of pyridine rings is 1. The lowest BCUT2D eigenvalue weighted by molar-refractivity contribution is 0.241. The molecule has 0 spiro atoms. The molecule has 1 aliphatic carbocycles. The van der Waals surface area contributed by atoms with Crippen LogP contribution in [0.2, 0.25) is 10.0 Å². The van der Waals surface area contributed by atoms with Crippen molar-refractivity contribution in [3.8, 4) is 0 Å². The molecule has 0 radical (unpaired) electrons. The second-order valence-electron chi connectivity index (χ2n) is 5.28. The summed E-state index contributed by atoms with van der Waals surface area (Å²) in [7, 11) is 0. The van der Waals surface area contributed by atoms with Crippen molar-refractivity contribution in [2.75, 3.05) is 13.2 Å². The highest BCUT2D eigenvalue weighted by molar-refractivity contribution is 6.30. The molecule has 1 atom stereocenters. The van der Waals surface area contributed by atoms with Crippen LogP contribution in [-0.2, 0) is 0 Å². The number of nitrogens with one attached hydrogen (secondary N) is 1. The first-order valence-corrected chi connectivity index (χ1v) is 8.11. The van der Waals surface area contributed by atoms with Crippen molar-refractivity contribution in [1.82, 2.24) is 10.3 Å². The summed E-state index contributed by atoms with van der Waals surface area (Å²) in [6.45, 7) is 1.04. The number of halogens is 2. The predicted octanol–water partition coefficient (Wildman–Crippen LogP) is 4.11. The van der Waals surface area contributed by atoms with Crippen molar-refractivity contribution in [1.29, 1.82) is 0 Å².